The van der Waals surface area contributed by atoms with E-state index in [1.807, 2.05) is 0 Å². The van der Waals surface area contributed by atoms with E-state index < -0.39 is 0 Å². The van der Waals surface area contributed by atoms with Crippen molar-refractivity contribution in [2.24, 2.45) is 17.3 Å². The third-order valence-corrected chi connectivity index (χ3v) is 3.84. The van der Waals surface area contributed by atoms with E-state index in [2.05, 4.69) is 31.4 Å². The summed E-state index contributed by atoms with van der Waals surface area (Å²) in [6.07, 6.45) is 1.07. The van der Waals surface area contributed by atoms with Crippen LogP contribution in [0, 0.1) is 17.3 Å². The molecule has 1 rings (SSSR count). The fourth-order valence-electron chi connectivity index (χ4n) is 3.13. The molecule has 0 aromatic heterocycles. The smallest absolute Gasteiger partial charge is 0.217 e. The largest absolute Gasteiger partial charge is 0.356 e. The van der Waals surface area contributed by atoms with E-state index in [1.54, 1.807) is 6.92 Å². The lowest BCUT2D eigenvalue weighted by Crippen LogP contribution is -2.46. The third-order valence-electron chi connectivity index (χ3n) is 3.84. The molecule has 1 saturated carbocycles. The molecule has 0 aliphatic heterocycles. The summed E-state index contributed by atoms with van der Waals surface area (Å²) in [5.74, 6) is 0.743. The molecule has 4 nitrogen and oxygen atoms in total. The molecule has 0 aromatic rings. The monoisotopic (exact) mass is 240 g/mol. The Balaban J connectivity index is 2.76. The fourth-order valence-corrected chi connectivity index (χ4v) is 3.13. The van der Waals surface area contributed by atoms with Gasteiger partial charge in [-0.05, 0) is 17.8 Å². The van der Waals surface area contributed by atoms with Gasteiger partial charge in [0.1, 0.15) is 0 Å². The maximum atomic E-state index is 11.2. The highest BCUT2D eigenvalue weighted by Crippen LogP contribution is 2.45. The van der Waals surface area contributed by atoms with Crippen molar-refractivity contribution in [3.63, 3.8) is 0 Å². The van der Waals surface area contributed by atoms with Crippen molar-refractivity contribution >= 4 is 11.8 Å². The van der Waals surface area contributed by atoms with Crippen LogP contribution in [0.1, 0.15) is 41.0 Å². The summed E-state index contributed by atoms with van der Waals surface area (Å²) in [6, 6.07) is 0.161. The second-order valence-corrected chi connectivity index (χ2v) is 5.94. The Morgan fingerprint density at radius 1 is 1.24 bits per heavy atom. The predicted molar refractivity (Wildman–Crippen MR) is 67.3 cm³/mol. The Labute approximate surface area is 104 Å². The normalized spacial score (nSPS) is 31.0. The standard InChI is InChI=1S/C13H24N2O2/c1-8-6-13(4,5)11(7-14-9(2)16)12(8)15-10(3)17/h8,11-12H,6-7H2,1-5H3,(H,14,16)(H,15,17). The van der Waals surface area contributed by atoms with E-state index in [0.717, 1.165) is 6.42 Å². The fraction of sp³-hybridized carbons (Fsp3) is 0.846. The minimum absolute atomic E-state index is 0.00683. The zero-order valence-corrected chi connectivity index (χ0v) is 11.5. The van der Waals surface area contributed by atoms with Gasteiger partial charge in [0.25, 0.3) is 0 Å². The van der Waals surface area contributed by atoms with Gasteiger partial charge < -0.3 is 10.6 Å². The topological polar surface area (TPSA) is 58.2 Å². The molecular formula is C13H24N2O2. The van der Waals surface area contributed by atoms with Crippen molar-refractivity contribution < 1.29 is 9.59 Å². The number of hydrogen-bond acceptors (Lipinski definition) is 2. The van der Waals surface area contributed by atoms with Gasteiger partial charge in [-0.25, -0.2) is 0 Å². The molecular weight excluding hydrogens is 216 g/mol. The highest BCUT2D eigenvalue weighted by molar-refractivity contribution is 5.74. The van der Waals surface area contributed by atoms with Crippen LogP contribution in [0.15, 0.2) is 0 Å². The lowest BCUT2D eigenvalue weighted by Gasteiger charge is -2.31. The molecule has 3 unspecified atom stereocenters. The average Bonchev–Trinajstić information content (AvgIpc) is 2.33. The van der Waals surface area contributed by atoms with Crippen LogP contribution < -0.4 is 10.6 Å². The molecule has 3 atom stereocenters. The third kappa shape index (κ3) is 3.45. The molecule has 0 aromatic carbocycles. The van der Waals surface area contributed by atoms with E-state index in [9.17, 15) is 9.59 Å². The minimum Gasteiger partial charge on any atom is -0.356 e. The second kappa shape index (κ2) is 5.07. The summed E-state index contributed by atoms with van der Waals surface area (Å²) in [5.41, 5.74) is 0.148. The van der Waals surface area contributed by atoms with Crippen LogP contribution in [0.4, 0.5) is 0 Å². The average molecular weight is 240 g/mol. The lowest BCUT2D eigenvalue weighted by molar-refractivity contribution is -0.120. The van der Waals surface area contributed by atoms with Crippen LogP contribution in [0.3, 0.4) is 0 Å². The summed E-state index contributed by atoms with van der Waals surface area (Å²) in [4.78, 5) is 22.3. The van der Waals surface area contributed by atoms with Gasteiger partial charge in [0.05, 0.1) is 0 Å². The molecule has 2 amide bonds. The van der Waals surface area contributed by atoms with E-state index in [-0.39, 0.29) is 23.3 Å². The summed E-state index contributed by atoms with van der Waals surface area (Å²) in [6.45, 7) is 10.3. The Bertz CT molecular complexity index is 313. The molecule has 1 aliphatic carbocycles. The predicted octanol–water partition coefficient (Wildman–Crippen LogP) is 1.31. The second-order valence-electron chi connectivity index (χ2n) is 5.94. The van der Waals surface area contributed by atoms with E-state index in [4.69, 9.17) is 0 Å². The van der Waals surface area contributed by atoms with Crippen molar-refractivity contribution in [3.8, 4) is 0 Å². The van der Waals surface area contributed by atoms with Crippen molar-refractivity contribution in [2.75, 3.05) is 6.54 Å². The highest BCUT2D eigenvalue weighted by atomic mass is 16.2. The Morgan fingerprint density at radius 2 is 1.82 bits per heavy atom. The molecule has 1 fully saturated rings. The van der Waals surface area contributed by atoms with Crippen molar-refractivity contribution in [3.05, 3.63) is 0 Å². The van der Waals surface area contributed by atoms with Gasteiger partial charge in [0.2, 0.25) is 11.8 Å². The Hall–Kier alpha value is -1.06. The molecule has 17 heavy (non-hydrogen) atoms. The van der Waals surface area contributed by atoms with Gasteiger partial charge in [-0.1, -0.05) is 20.8 Å². The van der Waals surface area contributed by atoms with Gasteiger partial charge in [-0.2, -0.15) is 0 Å². The number of carbonyl (C=O) groups is 2. The van der Waals surface area contributed by atoms with Crippen LogP contribution >= 0.6 is 0 Å². The van der Waals surface area contributed by atoms with E-state index in [1.165, 1.54) is 6.92 Å². The summed E-state index contributed by atoms with van der Waals surface area (Å²) < 4.78 is 0. The molecule has 0 spiro atoms. The first-order chi connectivity index (χ1) is 7.74. The summed E-state index contributed by atoms with van der Waals surface area (Å²) in [7, 11) is 0. The van der Waals surface area contributed by atoms with Gasteiger partial charge in [0.15, 0.2) is 0 Å². The zero-order valence-electron chi connectivity index (χ0n) is 11.5. The first-order valence-corrected chi connectivity index (χ1v) is 6.25. The van der Waals surface area contributed by atoms with E-state index >= 15 is 0 Å². The molecule has 0 saturated heterocycles. The Morgan fingerprint density at radius 3 is 2.29 bits per heavy atom. The molecule has 98 valence electrons. The molecule has 0 bridgehead atoms. The van der Waals surface area contributed by atoms with Crippen LogP contribution in [0.25, 0.3) is 0 Å². The van der Waals surface area contributed by atoms with Crippen LogP contribution in [-0.4, -0.2) is 24.4 Å². The number of rotatable bonds is 3. The maximum Gasteiger partial charge on any atom is 0.217 e. The van der Waals surface area contributed by atoms with Gasteiger partial charge in [0, 0.05) is 32.4 Å². The minimum atomic E-state index is -0.0121. The molecule has 1 aliphatic rings. The maximum absolute atomic E-state index is 11.2. The van der Waals surface area contributed by atoms with Crippen molar-refractivity contribution in [1.29, 1.82) is 0 Å². The SMILES string of the molecule is CC(=O)NCC1C(NC(C)=O)C(C)CC1(C)C. The van der Waals surface area contributed by atoms with E-state index in [0.29, 0.717) is 18.4 Å². The molecule has 0 radical (unpaired) electrons. The lowest BCUT2D eigenvalue weighted by atomic mass is 9.80. The van der Waals surface area contributed by atoms with Gasteiger partial charge in [-0.3, -0.25) is 9.59 Å². The number of hydrogen-bond donors (Lipinski definition) is 2. The molecule has 4 heteroatoms. The first-order valence-electron chi connectivity index (χ1n) is 6.25. The highest BCUT2D eigenvalue weighted by Gasteiger charge is 2.46. The zero-order chi connectivity index (χ0) is 13.2. The van der Waals surface area contributed by atoms with Crippen molar-refractivity contribution in [1.82, 2.24) is 10.6 Å². The van der Waals surface area contributed by atoms with Crippen LogP contribution in [0.2, 0.25) is 0 Å². The number of carbonyl (C=O) groups excluding carboxylic acids is 2. The van der Waals surface area contributed by atoms with Crippen LogP contribution in [-0.2, 0) is 9.59 Å². The van der Waals surface area contributed by atoms with Gasteiger partial charge in [-0.15, -0.1) is 0 Å². The van der Waals surface area contributed by atoms with Gasteiger partial charge >= 0.3 is 0 Å². The molecule has 2 N–H and O–H groups in total. The van der Waals surface area contributed by atoms with Crippen LogP contribution in [0.5, 0.6) is 0 Å². The summed E-state index contributed by atoms with van der Waals surface area (Å²) in [5, 5.41) is 5.91. The Kier molecular flexibility index (Phi) is 4.17. The quantitative estimate of drug-likeness (QED) is 0.781. The summed E-state index contributed by atoms with van der Waals surface area (Å²) >= 11 is 0. The first kappa shape index (κ1) is 14.0. The van der Waals surface area contributed by atoms with Crippen molar-refractivity contribution in [2.45, 2.75) is 47.1 Å². The number of amides is 2. The number of nitrogens with one attached hydrogen (secondary N) is 2. The molecule has 0 heterocycles.